The molecule has 0 saturated carbocycles. The van der Waals surface area contributed by atoms with Gasteiger partial charge in [0.05, 0.1) is 18.6 Å². The average Bonchev–Trinajstić information content (AvgIpc) is 2.66. The maximum Gasteiger partial charge on any atom is 0.311 e. The highest BCUT2D eigenvalue weighted by Gasteiger charge is 2.40. The van der Waals surface area contributed by atoms with Gasteiger partial charge in [0.2, 0.25) is 5.91 Å². The molecule has 0 aromatic heterocycles. The molecule has 1 aromatic rings. The first-order valence-electron chi connectivity index (χ1n) is 8.56. The first-order valence-corrected chi connectivity index (χ1v) is 8.56. The van der Waals surface area contributed by atoms with E-state index in [1.165, 1.54) is 0 Å². The summed E-state index contributed by atoms with van der Waals surface area (Å²) in [7, 11) is 0. The number of carbonyl (C=O) groups is 3. The Morgan fingerprint density at radius 1 is 1.15 bits per heavy atom. The van der Waals surface area contributed by atoms with Crippen molar-refractivity contribution in [1.29, 1.82) is 0 Å². The van der Waals surface area contributed by atoms with Crippen molar-refractivity contribution >= 4 is 17.8 Å². The Labute approximate surface area is 151 Å². The monoisotopic (exact) mass is 364 g/mol. The second kappa shape index (κ2) is 9.19. The zero-order chi connectivity index (χ0) is 19.0. The summed E-state index contributed by atoms with van der Waals surface area (Å²) in [6.45, 7) is 2.92. The molecule has 8 heteroatoms. The summed E-state index contributed by atoms with van der Waals surface area (Å²) < 4.78 is 10.5. The standard InChI is InChI=1S/C18H24N2O6/c1-2-26-14-5-3-13(4-6-14)16(22)19-11-15(21)20-12-18(17(23)24)7-9-25-10-8-18/h3-6H,2,7-12H2,1H3,(H,19,22)(H,20,21)(H,23,24). The van der Waals surface area contributed by atoms with Crippen LogP contribution in [0.3, 0.4) is 0 Å². The van der Waals surface area contributed by atoms with Gasteiger partial charge in [0.15, 0.2) is 0 Å². The maximum absolute atomic E-state index is 12.1. The van der Waals surface area contributed by atoms with Gasteiger partial charge in [-0.25, -0.2) is 0 Å². The van der Waals surface area contributed by atoms with Crippen LogP contribution in [0.5, 0.6) is 5.75 Å². The Morgan fingerprint density at radius 3 is 2.38 bits per heavy atom. The highest BCUT2D eigenvalue weighted by atomic mass is 16.5. The van der Waals surface area contributed by atoms with Crippen LogP contribution in [-0.4, -0.2) is 55.8 Å². The summed E-state index contributed by atoms with van der Waals surface area (Å²) in [5.41, 5.74) is -0.597. The lowest BCUT2D eigenvalue weighted by atomic mass is 9.80. The second-order valence-electron chi connectivity index (χ2n) is 6.11. The van der Waals surface area contributed by atoms with Gasteiger partial charge in [0.25, 0.3) is 5.91 Å². The Hall–Kier alpha value is -2.61. The predicted octanol–water partition coefficient (Wildman–Crippen LogP) is 0.813. The molecular formula is C18H24N2O6. The van der Waals surface area contributed by atoms with E-state index in [1.807, 2.05) is 6.92 Å². The number of amides is 2. The third-order valence-corrected chi connectivity index (χ3v) is 4.36. The first-order chi connectivity index (χ1) is 12.5. The third kappa shape index (κ3) is 5.19. The molecule has 0 atom stereocenters. The number of carboxylic acids is 1. The van der Waals surface area contributed by atoms with Gasteiger partial charge in [0, 0.05) is 25.3 Å². The van der Waals surface area contributed by atoms with Crippen molar-refractivity contribution in [2.45, 2.75) is 19.8 Å². The lowest BCUT2D eigenvalue weighted by molar-refractivity contribution is -0.154. The van der Waals surface area contributed by atoms with E-state index < -0.39 is 17.3 Å². The predicted molar refractivity (Wildman–Crippen MR) is 93.1 cm³/mol. The van der Waals surface area contributed by atoms with Gasteiger partial charge in [0.1, 0.15) is 5.75 Å². The van der Waals surface area contributed by atoms with Crippen LogP contribution >= 0.6 is 0 Å². The number of hydrogen-bond donors (Lipinski definition) is 3. The van der Waals surface area contributed by atoms with Crippen molar-refractivity contribution in [1.82, 2.24) is 10.6 Å². The molecule has 2 rings (SSSR count). The molecule has 0 aliphatic carbocycles. The van der Waals surface area contributed by atoms with Gasteiger partial charge in [-0.2, -0.15) is 0 Å². The van der Waals surface area contributed by atoms with Gasteiger partial charge in [-0.1, -0.05) is 0 Å². The lowest BCUT2D eigenvalue weighted by Gasteiger charge is -2.33. The number of benzene rings is 1. The number of nitrogens with one attached hydrogen (secondary N) is 2. The Bertz CT molecular complexity index is 638. The highest BCUT2D eigenvalue weighted by Crippen LogP contribution is 2.30. The van der Waals surface area contributed by atoms with Gasteiger partial charge in [-0.3, -0.25) is 14.4 Å². The third-order valence-electron chi connectivity index (χ3n) is 4.36. The summed E-state index contributed by atoms with van der Waals surface area (Å²) in [5, 5.41) is 14.6. The zero-order valence-corrected chi connectivity index (χ0v) is 14.7. The number of carbonyl (C=O) groups excluding carboxylic acids is 2. The van der Waals surface area contributed by atoms with Gasteiger partial charge >= 0.3 is 5.97 Å². The summed E-state index contributed by atoms with van der Waals surface area (Å²) in [4.78, 5) is 35.5. The fourth-order valence-corrected chi connectivity index (χ4v) is 2.69. The van der Waals surface area contributed by atoms with Crippen LogP contribution in [0.4, 0.5) is 0 Å². The number of ether oxygens (including phenoxy) is 2. The van der Waals surface area contributed by atoms with E-state index in [0.29, 0.717) is 44.0 Å². The molecule has 8 nitrogen and oxygen atoms in total. The van der Waals surface area contributed by atoms with Crippen LogP contribution in [0.1, 0.15) is 30.1 Å². The zero-order valence-electron chi connectivity index (χ0n) is 14.7. The average molecular weight is 364 g/mol. The molecule has 142 valence electrons. The minimum Gasteiger partial charge on any atom is -0.494 e. The molecular weight excluding hydrogens is 340 g/mol. The topological polar surface area (TPSA) is 114 Å². The van der Waals surface area contributed by atoms with E-state index in [9.17, 15) is 19.5 Å². The molecule has 2 amide bonds. The van der Waals surface area contributed by atoms with E-state index in [4.69, 9.17) is 9.47 Å². The van der Waals surface area contributed by atoms with E-state index in [2.05, 4.69) is 10.6 Å². The van der Waals surface area contributed by atoms with Crippen LogP contribution < -0.4 is 15.4 Å². The Morgan fingerprint density at radius 2 is 1.81 bits per heavy atom. The molecule has 1 aromatic carbocycles. The molecule has 1 saturated heterocycles. The number of rotatable bonds is 8. The largest absolute Gasteiger partial charge is 0.494 e. The maximum atomic E-state index is 12.1. The highest BCUT2D eigenvalue weighted by molar-refractivity contribution is 5.96. The summed E-state index contributed by atoms with van der Waals surface area (Å²) in [5.74, 6) is -1.10. The van der Waals surface area contributed by atoms with Crippen LogP contribution in [0, 0.1) is 5.41 Å². The summed E-state index contributed by atoms with van der Waals surface area (Å²) >= 11 is 0. The van der Waals surface area contributed by atoms with Crippen LogP contribution in [0.2, 0.25) is 0 Å². The molecule has 1 aliphatic rings. The molecule has 0 radical (unpaired) electrons. The molecule has 0 bridgehead atoms. The first kappa shape index (κ1) is 19.7. The fourth-order valence-electron chi connectivity index (χ4n) is 2.69. The van der Waals surface area contributed by atoms with Gasteiger partial charge in [-0.05, 0) is 44.0 Å². The normalized spacial score (nSPS) is 15.7. The van der Waals surface area contributed by atoms with Crippen molar-refractivity contribution in [3.63, 3.8) is 0 Å². The Kier molecular flexibility index (Phi) is 6.97. The molecule has 0 spiro atoms. The smallest absolute Gasteiger partial charge is 0.311 e. The van der Waals surface area contributed by atoms with Crippen molar-refractivity contribution in [2.24, 2.45) is 5.41 Å². The molecule has 26 heavy (non-hydrogen) atoms. The van der Waals surface area contributed by atoms with Crippen molar-refractivity contribution in [3.05, 3.63) is 29.8 Å². The molecule has 0 unspecified atom stereocenters. The van der Waals surface area contributed by atoms with E-state index >= 15 is 0 Å². The van der Waals surface area contributed by atoms with Crippen LogP contribution in [0.15, 0.2) is 24.3 Å². The van der Waals surface area contributed by atoms with Gasteiger partial charge in [-0.15, -0.1) is 0 Å². The SMILES string of the molecule is CCOc1ccc(C(=O)NCC(=O)NCC2(C(=O)O)CCOCC2)cc1. The van der Waals surface area contributed by atoms with E-state index in [0.717, 1.165) is 0 Å². The van der Waals surface area contributed by atoms with Crippen LogP contribution in [-0.2, 0) is 14.3 Å². The van der Waals surface area contributed by atoms with Crippen molar-refractivity contribution in [2.75, 3.05) is 32.9 Å². The summed E-state index contributed by atoms with van der Waals surface area (Å²) in [6.07, 6.45) is 0.697. The molecule has 1 fully saturated rings. The van der Waals surface area contributed by atoms with Crippen molar-refractivity contribution in [3.8, 4) is 5.75 Å². The Balaban J connectivity index is 1.80. The molecule has 3 N–H and O–H groups in total. The van der Waals surface area contributed by atoms with Crippen molar-refractivity contribution < 1.29 is 29.0 Å². The fraction of sp³-hybridized carbons (Fsp3) is 0.500. The molecule has 1 aliphatic heterocycles. The lowest BCUT2D eigenvalue weighted by Crippen LogP contribution is -2.48. The molecule has 1 heterocycles. The van der Waals surface area contributed by atoms with E-state index in [-0.39, 0.29) is 19.0 Å². The number of hydrogen-bond acceptors (Lipinski definition) is 5. The van der Waals surface area contributed by atoms with E-state index in [1.54, 1.807) is 24.3 Å². The minimum absolute atomic E-state index is 0.0173. The summed E-state index contributed by atoms with van der Waals surface area (Å²) in [6, 6.07) is 6.58. The number of aliphatic carboxylic acids is 1. The minimum atomic E-state index is -1.01. The quantitative estimate of drug-likeness (QED) is 0.629. The second-order valence-corrected chi connectivity index (χ2v) is 6.11. The number of carboxylic acid groups (broad SMARTS) is 1. The van der Waals surface area contributed by atoms with Crippen LogP contribution in [0.25, 0.3) is 0 Å². The van der Waals surface area contributed by atoms with Gasteiger partial charge < -0.3 is 25.2 Å².